The number of anilines is 1. The van der Waals surface area contributed by atoms with Gasteiger partial charge in [-0.25, -0.2) is 14.6 Å². The molecule has 408 valence electrons. The van der Waals surface area contributed by atoms with Gasteiger partial charge in [0.1, 0.15) is 18.5 Å². The third-order valence-electron chi connectivity index (χ3n) is 18.8. The summed E-state index contributed by atoms with van der Waals surface area (Å²) in [5.41, 5.74) is 8.57. The predicted octanol–water partition coefficient (Wildman–Crippen LogP) is 9.17. The molecular weight excluding hydrogens is 973 g/mol. The fourth-order valence-corrected chi connectivity index (χ4v) is 14.7. The van der Waals surface area contributed by atoms with Gasteiger partial charge in [0.2, 0.25) is 0 Å². The summed E-state index contributed by atoms with van der Waals surface area (Å²) in [7, 11) is 6.12. The molecule has 1 amide bonds. The van der Waals surface area contributed by atoms with E-state index in [-0.39, 0.29) is 77.6 Å². The van der Waals surface area contributed by atoms with Crippen LogP contribution in [-0.4, -0.2) is 119 Å². The molecule has 3 fully saturated rings. The number of pyridine rings is 2. The number of piperazine rings is 1. The van der Waals surface area contributed by atoms with Gasteiger partial charge in [0, 0.05) is 98.3 Å². The van der Waals surface area contributed by atoms with Crippen molar-refractivity contribution in [1.82, 2.24) is 24.3 Å². The topological polar surface area (TPSA) is 164 Å². The van der Waals surface area contributed by atoms with Crippen molar-refractivity contribution in [3.63, 3.8) is 0 Å². The average Bonchev–Trinajstić information content (AvgIpc) is 4.14. The third kappa shape index (κ3) is 9.61. The number of carbonyl (C=O) groups is 4. The first kappa shape index (κ1) is 52.9. The Morgan fingerprint density at radius 2 is 1.74 bits per heavy atom. The molecule has 0 bridgehead atoms. The van der Waals surface area contributed by atoms with Crippen LogP contribution >= 0.6 is 0 Å². The minimum absolute atomic E-state index is 0.0577. The second-order valence-corrected chi connectivity index (χ2v) is 23.8. The van der Waals surface area contributed by atoms with Crippen molar-refractivity contribution in [2.24, 2.45) is 17.3 Å². The summed E-state index contributed by atoms with van der Waals surface area (Å²) >= 11 is 0. The Morgan fingerprint density at radius 1 is 0.948 bits per heavy atom. The normalized spacial score (nSPS) is 26.6. The number of hydrogen-bond acceptors (Lipinski definition) is 13. The molecule has 2 saturated carbocycles. The number of allylic oxidation sites excluding steroid dienone is 4. The molecule has 11 rings (SSSR count). The van der Waals surface area contributed by atoms with Crippen molar-refractivity contribution in [3.8, 4) is 17.1 Å². The maximum Gasteiger partial charge on any atom is 0.415 e. The van der Waals surface area contributed by atoms with Gasteiger partial charge in [-0.2, -0.15) is 0 Å². The zero-order chi connectivity index (χ0) is 54.1. The standard InChI is InChI=1S/C62H76N6O9/c1-8-62(74)51-31-53-57-41(34-68(53)58(71)49(51)36-75-59(62)72)30-46-48(35-64(5)6)54(23-22-52(46)63-57)77-60(73)67-28-27-66(37(2)33-67)26-12-10-9-11-25-65(7)42-16-13-39(14-17-42)47-32-61(4)50(21-24-55(61)76-38(3)69)45-19-15-40-29-43(70)18-20-44(40)56(45)47/h13-14,16-17,22-23,29-31,37,45,47,50,55,74H,8-12,15,18-21,24-28,32-36H2,1-7H3/t37-,45+,47-,50+,55-,61+,62+/m1/s1. The molecule has 5 heterocycles. The van der Waals surface area contributed by atoms with Crippen molar-refractivity contribution >= 4 is 40.4 Å². The van der Waals surface area contributed by atoms with Gasteiger partial charge in [0.05, 0.1) is 29.0 Å². The monoisotopic (exact) mass is 1050 g/mol. The molecule has 7 atom stereocenters. The van der Waals surface area contributed by atoms with Crippen LogP contribution in [0.3, 0.4) is 0 Å². The number of ketones is 1. The van der Waals surface area contributed by atoms with E-state index < -0.39 is 11.6 Å². The van der Waals surface area contributed by atoms with E-state index in [4.69, 9.17) is 19.2 Å². The second-order valence-electron chi connectivity index (χ2n) is 23.8. The number of fused-ring (bicyclic) bond motifs is 9. The zero-order valence-corrected chi connectivity index (χ0v) is 46.1. The van der Waals surface area contributed by atoms with Crippen molar-refractivity contribution < 1.29 is 38.5 Å². The zero-order valence-electron chi connectivity index (χ0n) is 46.1. The van der Waals surface area contributed by atoms with Gasteiger partial charge in [-0.3, -0.25) is 19.3 Å². The molecule has 1 N–H and O–H groups in total. The van der Waals surface area contributed by atoms with E-state index in [1.54, 1.807) is 36.1 Å². The summed E-state index contributed by atoms with van der Waals surface area (Å²) in [6.07, 6.45) is 12.5. The average molecular weight is 1050 g/mol. The molecule has 77 heavy (non-hydrogen) atoms. The SMILES string of the molecule is CC[C@@]1(O)C(=O)OCc2c1cc1n(c2=O)Cc2cc3c(CN(C)C)c(OC(=O)N4CCN(CCCCCCN(C)c5ccc([C@H]6C[C@]7(C)[C@H](OC(C)=O)CC[C@H]7[C@@H]7CCC8=CC(=O)CCC8=C76)cc5)[C@H](C)C4)ccc3nc2-1. The lowest BCUT2D eigenvalue weighted by molar-refractivity contribution is -0.172. The van der Waals surface area contributed by atoms with Crippen molar-refractivity contribution in [2.75, 3.05) is 58.8 Å². The fraction of sp³-hybridized carbons (Fsp3) is 0.548. The molecular formula is C62H76N6O9. The summed E-state index contributed by atoms with van der Waals surface area (Å²) in [6, 6.07) is 16.8. The number of rotatable bonds is 14. The van der Waals surface area contributed by atoms with Crippen LogP contribution in [0.2, 0.25) is 0 Å². The van der Waals surface area contributed by atoms with E-state index in [0.717, 1.165) is 100 Å². The van der Waals surface area contributed by atoms with Crippen molar-refractivity contribution in [3.05, 3.63) is 109 Å². The van der Waals surface area contributed by atoms with Crippen molar-refractivity contribution in [1.29, 1.82) is 0 Å². The molecule has 15 nitrogen and oxygen atoms in total. The molecule has 0 unspecified atom stereocenters. The number of aromatic nitrogens is 2. The van der Waals surface area contributed by atoms with Crippen LogP contribution < -0.4 is 15.2 Å². The number of unbranched alkanes of at least 4 members (excludes halogenated alkanes) is 3. The maximum absolute atomic E-state index is 13.9. The molecule has 4 aromatic rings. The number of aliphatic hydroxyl groups is 1. The number of benzene rings is 2. The largest absolute Gasteiger partial charge is 0.462 e. The van der Waals surface area contributed by atoms with Gasteiger partial charge in [-0.15, -0.1) is 0 Å². The first-order valence-corrected chi connectivity index (χ1v) is 28.4. The van der Waals surface area contributed by atoms with E-state index in [2.05, 4.69) is 55.0 Å². The maximum atomic E-state index is 13.9. The molecule has 7 aliphatic rings. The molecule has 4 aliphatic carbocycles. The minimum Gasteiger partial charge on any atom is -0.462 e. The van der Waals surface area contributed by atoms with Crippen LogP contribution in [0.5, 0.6) is 5.75 Å². The molecule has 0 spiro atoms. The highest BCUT2D eigenvalue weighted by Gasteiger charge is 2.58. The number of carbonyl (C=O) groups excluding carboxylic acids is 4. The fourth-order valence-electron chi connectivity index (χ4n) is 14.7. The highest BCUT2D eigenvalue weighted by atomic mass is 16.6. The van der Waals surface area contributed by atoms with E-state index in [1.165, 1.54) is 22.4 Å². The Labute approximate surface area is 452 Å². The summed E-state index contributed by atoms with van der Waals surface area (Å²) in [5.74, 6) is 0.969. The molecule has 15 heteroatoms. The quantitative estimate of drug-likeness (QED) is 0.0828. The van der Waals surface area contributed by atoms with Gasteiger partial charge in [0.25, 0.3) is 5.56 Å². The Bertz CT molecular complexity index is 3160. The summed E-state index contributed by atoms with van der Waals surface area (Å²) in [4.78, 5) is 78.9. The van der Waals surface area contributed by atoms with Gasteiger partial charge in [-0.1, -0.05) is 44.4 Å². The van der Waals surface area contributed by atoms with Gasteiger partial charge >= 0.3 is 18.0 Å². The van der Waals surface area contributed by atoms with Crippen LogP contribution in [0.15, 0.2) is 76.1 Å². The number of cyclic esters (lactones) is 1. The Morgan fingerprint density at radius 3 is 2.49 bits per heavy atom. The number of nitrogens with zero attached hydrogens (tertiary/aromatic N) is 6. The minimum atomic E-state index is -1.90. The first-order chi connectivity index (χ1) is 36.9. The number of esters is 2. The summed E-state index contributed by atoms with van der Waals surface area (Å²) in [5, 5.41) is 12.1. The lowest BCUT2D eigenvalue weighted by atomic mass is 9.53. The van der Waals surface area contributed by atoms with Gasteiger partial charge in [-0.05, 0) is 156 Å². The summed E-state index contributed by atoms with van der Waals surface area (Å²) in [6.45, 7) is 12.2. The van der Waals surface area contributed by atoms with Crippen molar-refractivity contribution in [2.45, 2.75) is 148 Å². The Hall–Kier alpha value is -6.16. The number of hydrogen-bond donors (Lipinski definition) is 1. The van der Waals surface area contributed by atoms with E-state index in [0.29, 0.717) is 60.5 Å². The van der Waals surface area contributed by atoms with E-state index in [1.807, 2.05) is 42.1 Å². The lowest BCUT2D eigenvalue weighted by Gasteiger charge is -2.52. The summed E-state index contributed by atoms with van der Waals surface area (Å²) < 4.78 is 19.1. The van der Waals surface area contributed by atoms with Gasteiger partial charge in [0.15, 0.2) is 11.4 Å². The highest BCUT2D eigenvalue weighted by molar-refractivity contribution is 5.93. The van der Waals surface area contributed by atoms with Crippen LogP contribution in [0, 0.1) is 17.3 Å². The molecule has 2 aromatic carbocycles. The van der Waals surface area contributed by atoms with Crippen LogP contribution in [0.1, 0.15) is 138 Å². The third-order valence-corrected chi connectivity index (χ3v) is 18.8. The smallest absolute Gasteiger partial charge is 0.415 e. The Kier molecular flexibility index (Phi) is 14.4. The molecule has 3 aliphatic heterocycles. The predicted molar refractivity (Wildman–Crippen MR) is 295 cm³/mol. The second kappa shape index (κ2) is 20.9. The first-order valence-electron chi connectivity index (χ1n) is 28.4. The van der Waals surface area contributed by atoms with Crippen LogP contribution in [0.25, 0.3) is 22.3 Å². The van der Waals surface area contributed by atoms with Gasteiger partial charge < -0.3 is 38.6 Å². The number of ether oxygens (including phenoxy) is 3. The molecule has 0 radical (unpaired) electrons. The van der Waals surface area contributed by atoms with Crippen LogP contribution in [0.4, 0.5) is 10.5 Å². The number of amides is 1. The van der Waals surface area contributed by atoms with E-state index in [9.17, 15) is 29.1 Å². The van der Waals surface area contributed by atoms with E-state index >= 15 is 0 Å². The Balaban J connectivity index is 0.675. The molecule has 1 saturated heterocycles. The molecule has 2 aromatic heterocycles. The highest BCUT2D eigenvalue weighted by Crippen LogP contribution is 2.64. The lowest BCUT2D eigenvalue weighted by Crippen LogP contribution is -2.54. The van der Waals surface area contributed by atoms with Crippen LogP contribution in [-0.2, 0) is 49.2 Å².